The standard InChI is InChI=1S/C12H16N2O2S2/c1-18(16)8-6-14-10(9-3-2-7-17-9)13-12(4-5-12)11(14)15/h2-3,7,10,13H,4-6,8H2,1H3. The molecule has 1 aliphatic heterocycles. The van der Waals surface area contributed by atoms with Gasteiger partial charge in [0.25, 0.3) is 0 Å². The van der Waals surface area contributed by atoms with Crippen molar-refractivity contribution in [3.05, 3.63) is 22.4 Å². The fraction of sp³-hybridized carbons (Fsp3) is 0.583. The molecule has 2 unspecified atom stereocenters. The molecule has 18 heavy (non-hydrogen) atoms. The van der Waals surface area contributed by atoms with Crippen molar-refractivity contribution in [3.8, 4) is 0 Å². The van der Waals surface area contributed by atoms with Crippen LogP contribution in [0.5, 0.6) is 0 Å². The maximum atomic E-state index is 12.4. The molecule has 6 heteroatoms. The Morgan fingerprint density at radius 3 is 2.94 bits per heavy atom. The predicted molar refractivity (Wildman–Crippen MR) is 72.8 cm³/mol. The van der Waals surface area contributed by atoms with E-state index in [-0.39, 0.29) is 17.6 Å². The first-order valence-corrected chi connectivity index (χ1v) is 8.65. The summed E-state index contributed by atoms with van der Waals surface area (Å²) >= 11 is 1.66. The lowest BCUT2D eigenvalue weighted by atomic mass is 10.3. The first-order chi connectivity index (χ1) is 8.62. The van der Waals surface area contributed by atoms with Gasteiger partial charge in [-0.2, -0.15) is 0 Å². The molecule has 0 aromatic carbocycles. The molecule has 0 bridgehead atoms. The molecule has 1 saturated carbocycles. The molecule has 1 aromatic rings. The number of nitrogens with zero attached hydrogens (tertiary/aromatic N) is 1. The summed E-state index contributed by atoms with van der Waals surface area (Å²) in [5.74, 6) is 0.733. The van der Waals surface area contributed by atoms with E-state index in [9.17, 15) is 9.00 Å². The summed E-state index contributed by atoms with van der Waals surface area (Å²) < 4.78 is 11.2. The van der Waals surface area contributed by atoms with Crippen LogP contribution in [0.1, 0.15) is 23.9 Å². The van der Waals surface area contributed by atoms with E-state index in [0.717, 1.165) is 17.7 Å². The minimum Gasteiger partial charge on any atom is -0.320 e. The maximum absolute atomic E-state index is 12.4. The van der Waals surface area contributed by atoms with Crippen LogP contribution in [-0.2, 0) is 15.6 Å². The molecule has 3 rings (SSSR count). The SMILES string of the molecule is CS(=O)CCN1C(=O)C2(CC2)NC1c1cccs1. The highest BCUT2D eigenvalue weighted by Gasteiger charge is 2.59. The number of carbonyl (C=O) groups is 1. The Kier molecular flexibility index (Phi) is 3.03. The second-order valence-electron chi connectivity index (χ2n) is 4.92. The molecule has 2 aliphatic rings. The summed E-state index contributed by atoms with van der Waals surface area (Å²) in [5, 5.41) is 5.48. The number of hydrogen-bond acceptors (Lipinski definition) is 4. The Morgan fingerprint density at radius 2 is 2.39 bits per heavy atom. The lowest BCUT2D eigenvalue weighted by molar-refractivity contribution is -0.130. The molecular formula is C12H16N2O2S2. The Hall–Kier alpha value is -0.720. The van der Waals surface area contributed by atoms with Gasteiger partial charge in [-0.3, -0.25) is 14.3 Å². The van der Waals surface area contributed by atoms with Gasteiger partial charge in [-0.25, -0.2) is 0 Å². The van der Waals surface area contributed by atoms with Gasteiger partial charge in [-0.1, -0.05) is 6.07 Å². The van der Waals surface area contributed by atoms with Gasteiger partial charge in [0.1, 0.15) is 11.7 Å². The van der Waals surface area contributed by atoms with Gasteiger partial charge in [0.2, 0.25) is 5.91 Å². The van der Waals surface area contributed by atoms with Gasteiger partial charge in [0, 0.05) is 34.2 Å². The second kappa shape index (κ2) is 4.43. The third kappa shape index (κ3) is 2.02. The lowest BCUT2D eigenvalue weighted by Crippen LogP contribution is -2.34. The van der Waals surface area contributed by atoms with Crippen LogP contribution in [0.3, 0.4) is 0 Å². The fourth-order valence-corrected chi connectivity index (χ4v) is 3.65. The van der Waals surface area contributed by atoms with Crippen LogP contribution in [0.25, 0.3) is 0 Å². The average molecular weight is 284 g/mol. The minimum absolute atomic E-state index is 0.0245. The van der Waals surface area contributed by atoms with E-state index in [1.807, 2.05) is 22.4 Å². The van der Waals surface area contributed by atoms with Gasteiger partial charge in [-0.15, -0.1) is 11.3 Å². The highest BCUT2D eigenvalue weighted by molar-refractivity contribution is 7.84. The monoisotopic (exact) mass is 284 g/mol. The predicted octanol–water partition coefficient (Wildman–Crippen LogP) is 1.09. The summed E-state index contributed by atoms with van der Waals surface area (Å²) in [6, 6.07) is 4.05. The van der Waals surface area contributed by atoms with E-state index in [1.54, 1.807) is 17.6 Å². The summed E-state index contributed by atoms with van der Waals surface area (Å²) in [5.41, 5.74) is -0.302. The normalized spacial score (nSPS) is 26.8. The first kappa shape index (κ1) is 12.3. The van der Waals surface area contributed by atoms with Crippen LogP contribution in [0.15, 0.2) is 17.5 Å². The maximum Gasteiger partial charge on any atom is 0.244 e. The van der Waals surface area contributed by atoms with Crippen molar-refractivity contribution < 1.29 is 9.00 Å². The molecule has 1 saturated heterocycles. The molecule has 98 valence electrons. The number of nitrogens with one attached hydrogen (secondary N) is 1. The number of thiophene rings is 1. The van der Waals surface area contributed by atoms with E-state index in [0.29, 0.717) is 12.3 Å². The number of hydrogen-bond donors (Lipinski definition) is 1. The van der Waals surface area contributed by atoms with Gasteiger partial charge in [0.15, 0.2) is 0 Å². The third-order valence-corrected chi connectivity index (χ3v) is 5.26. The van der Waals surface area contributed by atoms with Crippen molar-refractivity contribution in [3.63, 3.8) is 0 Å². The minimum atomic E-state index is -0.861. The molecule has 2 atom stereocenters. The molecule has 1 aliphatic carbocycles. The van der Waals surface area contributed by atoms with Crippen LogP contribution in [-0.4, -0.2) is 39.1 Å². The van der Waals surface area contributed by atoms with E-state index >= 15 is 0 Å². The topological polar surface area (TPSA) is 49.4 Å². The number of carbonyl (C=O) groups excluding carboxylic acids is 1. The highest BCUT2D eigenvalue weighted by atomic mass is 32.2. The van der Waals surface area contributed by atoms with E-state index in [1.165, 1.54) is 0 Å². The van der Waals surface area contributed by atoms with Gasteiger partial charge in [0.05, 0.1) is 0 Å². The van der Waals surface area contributed by atoms with Crippen molar-refractivity contribution in [1.29, 1.82) is 0 Å². The molecule has 4 nitrogen and oxygen atoms in total. The van der Waals surface area contributed by atoms with E-state index in [4.69, 9.17) is 0 Å². The van der Waals surface area contributed by atoms with Gasteiger partial charge >= 0.3 is 0 Å². The zero-order chi connectivity index (χ0) is 12.8. The molecule has 1 N–H and O–H groups in total. The Balaban J connectivity index is 1.82. The van der Waals surface area contributed by atoms with Gasteiger partial charge in [-0.05, 0) is 24.3 Å². The van der Waals surface area contributed by atoms with Crippen molar-refractivity contribution in [2.75, 3.05) is 18.6 Å². The van der Waals surface area contributed by atoms with Crippen molar-refractivity contribution >= 4 is 28.0 Å². The molecular weight excluding hydrogens is 268 g/mol. The first-order valence-electron chi connectivity index (χ1n) is 6.05. The van der Waals surface area contributed by atoms with Crippen LogP contribution in [0, 0.1) is 0 Å². The van der Waals surface area contributed by atoms with Gasteiger partial charge < -0.3 is 4.90 Å². The molecule has 1 amide bonds. The summed E-state index contributed by atoms with van der Waals surface area (Å²) in [4.78, 5) is 15.4. The van der Waals surface area contributed by atoms with Crippen molar-refractivity contribution in [2.24, 2.45) is 0 Å². The quantitative estimate of drug-likeness (QED) is 0.900. The highest BCUT2D eigenvalue weighted by Crippen LogP contribution is 2.46. The smallest absolute Gasteiger partial charge is 0.244 e. The summed E-state index contributed by atoms with van der Waals surface area (Å²) in [7, 11) is -0.861. The van der Waals surface area contributed by atoms with Crippen LogP contribution >= 0.6 is 11.3 Å². The van der Waals surface area contributed by atoms with Crippen LogP contribution in [0.4, 0.5) is 0 Å². The zero-order valence-electron chi connectivity index (χ0n) is 10.2. The molecule has 2 fully saturated rings. The Labute approximate surface area is 113 Å². The largest absolute Gasteiger partial charge is 0.320 e. The van der Waals surface area contributed by atoms with E-state index < -0.39 is 10.8 Å². The number of amides is 1. The molecule has 1 spiro atoms. The Bertz CT molecular complexity index is 482. The van der Waals surface area contributed by atoms with Crippen molar-refractivity contribution in [1.82, 2.24) is 10.2 Å². The fourth-order valence-electron chi connectivity index (χ4n) is 2.41. The summed E-state index contributed by atoms with van der Waals surface area (Å²) in [6.45, 7) is 0.569. The average Bonchev–Trinajstić information content (AvgIpc) is 2.82. The van der Waals surface area contributed by atoms with Crippen LogP contribution < -0.4 is 5.32 Å². The van der Waals surface area contributed by atoms with Crippen molar-refractivity contribution in [2.45, 2.75) is 24.5 Å². The zero-order valence-corrected chi connectivity index (χ0v) is 11.9. The second-order valence-corrected chi connectivity index (χ2v) is 7.45. The lowest BCUT2D eigenvalue weighted by Gasteiger charge is -2.22. The number of rotatable bonds is 4. The van der Waals surface area contributed by atoms with Crippen LogP contribution in [0.2, 0.25) is 0 Å². The van der Waals surface area contributed by atoms with E-state index in [2.05, 4.69) is 5.32 Å². The third-order valence-electron chi connectivity index (χ3n) is 3.58. The Morgan fingerprint density at radius 1 is 1.61 bits per heavy atom. The molecule has 1 aromatic heterocycles. The summed E-state index contributed by atoms with van der Waals surface area (Å²) in [6.07, 6.45) is 3.52. The molecule has 0 radical (unpaired) electrons. The molecule has 2 heterocycles.